The fraction of sp³-hybridized carbons (Fsp3) is 0.538. The minimum atomic E-state index is -0.327. The maximum atomic E-state index is 10.8. The summed E-state index contributed by atoms with van der Waals surface area (Å²) >= 11 is 0. The van der Waals surface area contributed by atoms with Gasteiger partial charge in [0.05, 0.1) is 4.92 Å². The van der Waals surface area contributed by atoms with Gasteiger partial charge in [-0.2, -0.15) is 0 Å². The molecule has 0 bridgehead atoms. The molecule has 1 unspecified atom stereocenters. The van der Waals surface area contributed by atoms with Gasteiger partial charge in [-0.3, -0.25) is 10.1 Å². The normalized spacial score (nSPS) is 12.4. The molecule has 0 radical (unpaired) electrons. The Hall–Kier alpha value is -1.42. The lowest BCUT2D eigenvalue weighted by molar-refractivity contribution is -0.385. The third-order valence-electron chi connectivity index (χ3n) is 2.78. The van der Waals surface area contributed by atoms with Gasteiger partial charge in [0.2, 0.25) is 0 Å². The molecule has 0 spiro atoms. The molecule has 0 aliphatic heterocycles. The van der Waals surface area contributed by atoms with Gasteiger partial charge in [-0.05, 0) is 18.9 Å². The van der Waals surface area contributed by atoms with Crippen LogP contribution >= 0.6 is 0 Å². The number of rotatable bonds is 7. The summed E-state index contributed by atoms with van der Waals surface area (Å²) in [5, 5.41) is 14.1. The van der Waals surface area contributed by atoms with Gasteiger partial charge in [-0.25, -0.2) is 0 Å². The van der Waals surface area contributed by atoms with Gasteiger partial charge in [0.15, 0.2) is 0 Å². The highest BCUT2D eigenvalue weighted by atomic mass is 16.6. The average Bonchev–Trinajstić information content (AvgIpc) is 2.30. The fourth-order valence-electron chi connectivity index (χ4n) is 1.89. The lowest BCUT2D eigenvalue weighted by Gasteiger charge is -2.11. The zero-order valence-electron chi connectivity index (χ0n) is 10.5. The minimum Gasteiger partial charge on any atom is -0.312 e. The molecule has 0 fully saturated rings. The molecule has 94 valence electrons. The Labute approximate surface area is 102 Å². The third-order valence-corrected chi connectivity index (χ3v) is 2.78. The summed E-state index contributed by atoms with van der Waals surface area (Å²) in [5.41, 5.74) is 0.948. The van der Waals surface area contributed by atoms with Gasteiger partial charge in [0.25, 0.3) is 5.69 Å². The van der Waals surface area contributed by atoms with Crippen molar-refractivity contribution in [2.24, 2.45) is 5.92 Å². The van der Waals surface area contributed by atoms with Crippen LogP contribution in [0.25, 0.3) is 0 Å². The molecule has 1 aromatic carbocycles. The van der Waals surface area contributed by atoms with Gasteiger partial charge in [0, 0.05) is 18.2 Å². The highest BCUT2D eigenvalue weighted by Gasteiger charge is 2.11. The van der Waals surface area contributed by atoms with Gasteiger partial charge in [-0.15, -0.1) is 0 Å². The minimum absolute atomic E-state index is 0.197. The van der Waals surface area contributed by atoms with Gasteiger partial charge in [-0.1, -0.05) is 38.5 Å². The van der Waals surface area contributed by atoms with Crippen LogP contribution in [0, 0.1) is 16.0 Å². The van der Waals surface area contributed by atoms with E-state index in [2.05, 4.69) is 19.2 Å². The highest BCUT2D eigenvalue weighted by molar-refractivity contribution is 5.39. The first-order chi connectivity index (χ1) is 8.15. The van der Waals surface area contributed by atoms with Crippen molar-refractivity contribution in [1.29, 1.82) is 0 Å². The van der Waals surface area contributed by atoms with Crippen LogP contribution < -0.4 is 5.32 Å². The molecule has 0 aliphatic carbocycles. The Morgan fingerprint density at radius 3 is 2.76 bits per heavy atom. The van der Waals surface area contributed by atoms with Crippen LogP contribution in [0.3, 0.4) is 0 Å². The summed E-state index contributed by atoms with van der Waals surface area (Å²) in [6.07, 6.45) is 2.36. The maximum absolute atomic E-state index is 10.8. The van der Waals surface area contributed by atoms with Crippen molar-refractivity contribution in [3.05, 3.63) is 39.9 Å². The molecule has 17 heavy (non-hydrogen) atoms. The van der Waals surface area contributed by atoms with Crippen LogP contribution in [0.2, 0.25) is 0 Å². The molecule has 1 atom stereocenters. The molecule has 0 aromatic heterocycles. The molecule has 0 saturated carbocycles. The second-order valence-electron chi connectivity index (χ2n) is 4.41. The van der Waals surface area contributed by atoms with Crippen molar-refractivity contribution in [2.75, 3.05) is 6.54 Å². The molecule has 0 amide bonds. The zero-order valence-corrected chi connectivity index (χ0v) is 10.5. The molecule has 1 rings (SSSR count). The van der Waals surface area contributed by atoms with E-state index in [0.717, 1.165) is 12.1 Å². The lowest BCUT2D eigenvalue weighted by atomic mass is 10.1. The number of nitro groups is 1. The first kappa shape index (κ1) is 13.6. The number of nitrogens with one attached hydrogen (secondary N) is 1. The monoisotopic (exact) mass is 236 g/mol. The first-order valence-electron chi connectivity index (χ1n) is 6.08. The summed E-state index contributed by atoms with van der Waals surface area (Å²) in [5.74, 6) is 0.614. The SMILES string of the molecule is CCCC(C)CNCc1ccccc1[N+](=O)[O-]. The van der Waals surface area contributed by atoms with E-state index in [9.17, 15) is 10.1 Å². The second-order valence-corrected chi connectivity index (χ2v) is 4.41. The molecular weight excluding hydrogens is 216 g/mol. The molecule has 4 heteroatoms. The van der Waals surface area contributed by atoms with E-state index in [1.807, 2.05) is 6.07 Å². The molecule has 4 nitrogen and oxygen atoms in total. The van der Waals surface area contributed by atoms with E-state index in [0.29, 0.717) is 12.5 Å². The Morgan fingerprint density at radius 1 is 1.41 bits per heavy atom. The quantitative estimate of drug-likeness (QED) is 0.584. The van der Waals surface area contributed by atoms with E-state index in [1.165, 1.54) is 12.8 Å². The van der Waals surface area contributed by atoms with Crippen LogP contribution in [-0.4, -0.2) is 11.5 Å². The van der Waals surface area contributed by atoms with Crippen LogP contribution in [0.1, 0.15) is 32.3 Å². The second kappa shape index (κ2) is 7.01. The van der Waals surface area contributed by atoms with E-state index in [1.54, 1.807) is 18.2 Å². The average molecular weight is 236 g/mol. The molecule has 0 aliphatic rings. The number of benzene rings is 1. The molecule has 1 aromatic rings. The van der Waals surface area contributed by atoms with Crippen molar-refractivity contribution in [1.82, 2.24) is 5.32 Å². The van der Waals surface area contributed by atoms with E-state index >= 15 is 0 Å². The van der Waals surface area contributed by atoms with Crippen molar-refractivity contribution in [3.8, 4) is 0 Å². The summed E-state index contributed by atoms with van der Waals surface area (Å²) in [4.78, 5) is 10.5. The maximum Gasteiger partial charge on any atom is 0.273 e. The number of hydrogen-bond donors (Lipinski definition) is 1. The summed E-state index contributed by atoms with van der Waals surface area (Å²) < 4.78 is 0. The number of para-hydroxylation sites is 1. The standard InChI is InChI=1S/C13H20N2O2/c1-3-6-11(2)9-14-10-12-7-4-5-8-13(12)15(16)17/h4-5,7-8,11,14H,3,6,9-10H2,1-2H3. The van der Waals surface area contributed by atoms with Crippen molar-refractivity contribution in [3.63, 3.8) is 0 Å². The zero-order chi connectivity index (χ0) is 12.7. The van der Waals surface area contributed by atoms with Crippen LogP contribution in [0.15, 0.2) is 24.3 Å². The van der Waals surface area contributed by atoms with Gasteiger partial charge >= 0.3 is 0 Å². The van der Waals surface area contributed by atoms with E-state index < -0.39 is 0 Å². The largest absolute Gasteiger partial charge is 0.312 e. The van der Waals surface area contributed by atoms with Crippen LogP contribution in [0.4, 0.5) is 5.69 Å². The summed E-state index contributed by atoms with van der Waals surface area (Å²) in [6.45, 7) is 5.82. The Bertz CT molecular complexity index is 366. The fourth-order valence-corrected chi connectivity index (χ4v) is 1.89. The lowest BCUT2D eigenvalue weighted by Crippen LogP contribution is -2.21. The highest BCUT2D eigenvalue weighted by Crippen LogP contribution is 2.17. The summed E-state index contributed by atoms with van der Waals surface area (Å²) in [7, 11) is 0. The molecule has 0 saturated heterocycles. The molecular formula is C13H20N2O2. The van der Waals surface area contributed by atoms with E-state index in [-0.39, 0.29) is 10.6 Å². The number of hydrogen-bond acceptors (Lipinski definition) is 3. The number of nitrogens with zero attached hydrogens (tertiary/aromatic N) is 1. The third kappa shape index (κ3) is 4.53. The van der Waals surface area contributed by atoms with Crippen molar-refractivity contribution in [2.45, 2.75) is 33.2 Å². The molecule has 0 heterocycles. The predicted molar refractivity (Wildman–Crippen MR) is 68.9 cm³/mol. The van der Waals surface area contributed by atoms with Gasteiger partial charge < -0.3 is 5.32 Å². The van der Waals surface area contributed by atoms with E-state index in [4.69, 9.17) is 0 Å². The Balaban J connectivity index is 2.49. The Morgan fingerprint density at radius 2 is 2.12 bits per heavy atom. The first-order valence-corrected chi connectivity index (χ1v) is 6.08. The Kier molecular flexibility index (Phi) is 5.63. The van der Waals surface area contributed by atoms with Crippen LogP contribution in [0.5, 0.6) is 0 Å². The predicted octanol–water partition coefficient (Wildman–Crippen LogP) is 3.12. The number of nitro benzene ring substituents is 1. The van der Waals surface area contributed by atoms with Crippen molar-refractivity contribution >= 4 is 5.69 Å². The topological polar surface area (TPSA) is 55.2 Å². The summed E-state index contributed by atoms with van der Waals surface area (Å²) in [6, 6.07) is 6.88. The molecule has 1 N–H and O–H groups in total. The van der Waals surface area contributed by atoms with Crippen LogP contribution in [-0.2, 0) is 6.54 Å². The van der Waals surface area contributed by atoms with Gasteiger partial charge in [0.1, 0.15) is 0 Å². The smallest absolute Gasteiger partial charge is 0.273 e. The van der Waals surface area contributed by atoms with Crippen molar-refractivity contribution < 1.29 is 4.92 Å².